The van der Waals surface area contributed by atoms with Crippen molar-refractivity contribution in [2.75, 3.05) is 74.0 Å². The van der Waals surface area contributed by atoms with Gasteiger partial charge in [-0.2, -0.15) is 86.2 Å². The molecule has 122 heavy (non-hydrogen) atoms. The third-order valence-electron chi connectivity index (χ3n) is 23.1. The van der Waals surface area contributed by atoms with E-state index < -0.39 is 109 Å². The first-order valence-corrected chi connectivity index (χ1v) is 38.2. The normalized spacial score (nSPS) is 27.6. The number of ether oxygens (including phenoxy) is 6. The first-order chi connectivity index (χ1) is 58.2. The Morgan fingerprint density at radius 1 is 0.402 bits per heavy atom. The Balaban J connectivity index is 0.000000126. The number of nitrogen functional groups attached to an aromatic ring is 6. The third kappa shape index (κ3) is 16.5. The van der Waals surface area contributed by atoms with Gasteiger partial charge in [-0.3, -0.25) is 0 Å². The highest BCUT2D eigenvalue weighted by Crippen LogP contribution is 2.47. The molecule has 0 aliphatic carbocycles. The van der Waals surface area contributed by atoms with Gasteiger partial charge in [0, 0.05) is 49.5 Å². The van der Waals surface area contributed by atoms with Gasteiger partial charge in [0.15, 0.2) is 57.0 Å². The molecule has 0 bridgehead atoms. The van der Waals surface area contributed by atoms with Crippen LogP contribution in [0.25, 0.3) is 66.2 Å². The summed E-state index contributed by atoms with van der Waals surface area (Å²) in [7, 11) is 0. The molecule has 18 heterocycles. The molecule has 39 nitrogen and oxygen atoms in total. The second-order valence-electron chi connectivity index (χ2n) is 30.4. The lowest BCUT2D eigenvalue weighted by atomic mass is 9.90. The summed E-state index contributed by atoms with van der Waals surface area (Å²) in [5.74, 6) is 5.29. The molecule has 6 fully saturated rings. The van der Waals surface area contributed by atoms with Crippen LogP contribution in [0.2, 0.25) is 0 Å². The quantitative estimate of drug-likeness (QED) is 0.0313. The fourth-order valence-electron chi connectivity index (χ4n) is 15.7. The molecule has 0 amide bonds. The largest absolute Gasteiger partial charge is 0.394 e. The zero-order valence-electron chi connectivity index (χ0n) is 66.0. The van der Waals surface area contributed by atoms with Crippen LogP contribution >= 0.6 is 0 Å². The van der Waals surface area contributed by atoms with Crippen LogP contribution in [-0.4, -0.2) is 216 Å². The summed E-state index contributed by atoms with van der Waals surface area (Å²) in [6.45, 7) is 7.77. The number of terminal acetylenes is 2. The van der Waals surface area contributed by atoms with Gasteiger partial charge >= 0.3 is 36.5 Å². The minimum atomic E-state index is -1.47. The molecule has 18 rings (SSSR count). The van der Waals surface area contributed by atoms with Crippen LogP contribution in [0, 0.1) is 90.7 Å². The number of fused-ring (bicyclic) bond motifs is 6. The lowest BCUT2D eigenvalue weighted by Gasteiger charge is -2.28. The highest BCUT2D eigenvalue weighted by atomic mass is 19.2. The van der Waals surface area contributed by atoms with E-state index in [1.165, 1.54) is 4.57 Å². The van der Waals surface area contributed by atoms with E-state index in [1.807, 2.05) is 34.6 Å². The number of nitrogens with two attached hydrogens (primary N) is 6. The van der Waals surface area contributed by atoms with E-state index in [4.69, 9.17) is 75.7 Å². The maximum Gasteiger partial charge on any atom is 0.312 e. The molecule has 6 aliphatic rings. The van der Waals surface area contributed by atoms with Crippen LogP contribution in [0.3, 0.4) is 0 Å². The van der Waals surface area contributed by atoms with Crippen LogP contribution in [0.15, 0.2) is 73.6 Å². The van der Waals surface area contributed by atoms with E-state index in [1.54, 1.807) is 96.4 Å². The summed E-state index contributed by atoms with van der Waals surface area (Å²) in [6, 6.07) is 10.1. The van der Waals surface area contributed by atoms with Crippen LogP contribution in [0.1, 0.15) is 111 Å². The number of hydrogen-bond donors (Lipinski definition) is 13. The van der Waals surface area contributed by atoms with Crippen molar-refractivity contribution in [1.29, 1.82) is 0 Å². The smallest absolute Gasteiger partial charge is 0.312 e. The zero-order chi connectivity index (χ0) is 87.9. The Bertz CT molecular complexity index is 5810. The number of hydrogen-bond acceptors (Lipinski definition) is 33. The molecule has 0 radical (unpaired) electrons. The predicted octanol–water partition coefficient (Wildman–Crippen LogP) is 4.28. The van der Waals surface area contributed by atoms with E-state index >= 15 is 0 Å². The number of rotatable bonds is 14. The molecule has 45 heteroatoms. The topological polar surface area (TPSA) is 572 Å². The molecule has 648 valence electrons. The summed E-state index contributed by atoms with van der Waals surface area (Å²) in [6.07, 6.45) is 15.8. The van der Waals surface area contributed by atoms with Gasteiger partial charge in [-0.05, 0) is 92.2 Å². The zero-order valence-corrected chi connectivity index (χ0v) is 66.0. The van der Waals surface area contributed by atoms with Gasteiger partial charge < -0.3 is 136 Å². The van der Waals surface area contributed by atoms with E-state index in [2.05, 4.69) is 71.6 Å². The summed E-state index contributed by atoms with van der Waals surface area (Å²) in [5, 5.41) is 69.8. The maximum absolute atomic E-state index is 13.4. The summed E-state index contributed by atoms with van der Waals surface area (Å²) in [4.78, 5) is 65.5. The van der Waals surface area contributed by atoms with Gasteiger partial charge in [0.25, 0.3) is 0 Å². The van der Waals surface area contributed by atoms with Gasteiger partial charge in [0.1, 0.15) is 96.4 Å². The molecule has 6 saturated heterocycles. The molecule has 0 spiro atoms. The SMILES string of the molecule is C#C[C@]1(CO)O[C@@H](n2ccc3c(N)nc(F)nc32)C[C@@H]1C.C#C[C@]1(CO)O[C@@H](n2ccc3c(N)nc(F)nc32)C[C@@H]1O.C[C@H]1C[C@H](n2ccc3c(N)nc(F)nc32)OC1(CO)CO.C[C@H]1C[C@H](n2ccc3c(N)nc(F)nc32)O[C@@H]1C=O.C[C@H]1C[C@H](n2ccc3c(N)nc(F)nc32)O[C@@H]1CO.C[C@H]1C[C@H](n2ccc3c(N)nc(F)nc32)O[C@]1(C=O)CO. The Hall–Kier alpha value is -12.0. The number of anilines is 6. The minimum absolute atomic E-state index is 0.0140. The lowest BCUT2D eigenvalue weighted by Crippen LogP contribution is -2.42. The van der Waals surface area contributed by atoms with Crippen molar-refractivity contribution in [3.63, 3.8) is 0 Å². The molecule has 17 atom stereocenters. The standard InChI is InChI=1S/C14H15FN4O2.C13H17FN4O3.C13H15FN4O3.C13H13FN4O3.C12H15FN4O2.C12H13FN4O2/c1-3-14(7-20)8(2)6-10(21-14)19-5-4-9-11(16)17-13(15)18-12(9)19;2*1-7-4-9(21-13(7,5-19)6-20)18-3-2-8-10(15)16-12(14)17-11(8)18;1-2-13(6-19)8(20)5-9(21-13)18-4-3-7-10(15)16-12(14)17-11(7)18;2*1-6-4-9(19-8(6)5-18)17-3-2-7-10(14)15-12(13)16-11(7)17/h1,4-5,8,10,20H,6-7H2,2H3,(H2,16,17,18);2-3,7,9,19-20H,4-6H2,1H3,(H2,15,16,17);2-3,5,7,9,20H,4,6H2,1H3,(H2,15,16,17);1,3-4,8-9,19-20H,5-6H2,(H2,15,16,17);2-3,6,8-9,18H,4-5H2,1H3,(H2,14,15,16);2-3,5-6,8-9H,4H2,1H3,(H2,14,15,16)/t8-,10+,14+;7-,9+;7-,9+,13+;8-,9+,13+;2*6-,8+,9+/m000000/s1. The van der Waals surface area contributed by atoms with Crippen molar-refractivity contribution in [2.24, 2.45) is 29.6 Å². The Morgan fingerprint density at radius 2 is 0.713 bits per heavy atom. The number of halogens is 6. The second kappa shape index (κ2) is 35.2. The second-order valence-corrected chi connectivity index (χ2v) is 30.4. The fourth-order valence-corrected chi connectivity index (χ4v) is 15.7. The average molecular weight is 1700 g/mol. The van der Waals surface area contributed by atoms with Crippen molar-refractivity contribution in [3.8, 4) is 24.7 Å². The Kier molecular flexibility index (Phi) is 25.4. The third-order valence-corrected chi connectivity index (χ3v) is 23.1. The number of aliphatic hydroxyl groups excluding tert-OH is 7. The molecular formula is C77H88F6N24O15. The van der Waals surface area contributed by atoms with E-state index in [9.17, 15) is 71.7 Å². The van der Waals surface area contributed by atoms with Gasteiger partial charge in [-0.25, -0.2) is 0 Å². The number of carbonyl (C=O) groups excluding carboxylic acids is 2. The van der Waals surface area contributed by atoms with Gasteiger partial charge in [-0.1, -0.05) is 46.5 Å². The van der Waals surface area contributed by atoms with Crippen molar-refractivity contribution < 1.29 is 100 Å². The van der Waals surface area contributed by atoms with Crippen molar-refractivity contribution >= 4 is 114 Å². The monoisotopic (exact) mass is 1700 g/mol. The average Bonchev–Trinajstić information content (AvgIpc) is 1.62. The molecule has 12 aromatic rings. The first-order valence-electron chi connectivity index (χ1n) is 38.2. The van der Waals surface area contributed by atoms with E-state index in [0.717, 1.165) is 12.7 Å². The molecule has 0 saturated carbocycles. The molecular weight excluding hydrogens is 1610 g/mol. The maximum atomic E-state index is 13.4. The fraction of sp³-hybridized carbons (Fsp3) is 0.455. The number of nitrogens with zero attached hydrogens (tertiary/aromatic N) is 18. The molecule has 6 aliphatic heterocycles. The van der Waals surface area contributed by atoms with E-state index in [-0.39, 0.29) is 122 Å². The number of aldehydes is 2. The molecule has 0 aromatic carbocycles. The number of carbonyl (C=O) groups is 2. The lowest BCUT2D eigenvalue weighted by molar-refractivity contribution is -0.144. The van der Waals surface area contributed by atoms with Crippen LogP contribution in [-0.2, 0) is 38.0 Å². The number of aromatic nitrogens is 18. The summed E-state index contributed by atoms with van der Waals surface area (Å²) < 4.78 is 124. The van der Waals surface area contributed by atoms with Crippen LogP contribution < -0.4 is 34.4 Å². The molecule has 0 unspecified atom stereocenters. The number of aliphatic hydroxyl groups is 7. The highest BCUT2D eigenvalue weighted by Gasteiger charge is 2.51. The van der Waals surface area contributed by atoms with Crippen molar-refractivity contribution in [1.82, 2.24) is 87.2 Å². The van der Waals surface area contributed by atoms with Crippen molar-refractivity contribution in [2.45, 2.75) is 151 Å². The molecule has 12 aromatic heterocycles. The highest BCUT2D eigenvalue weighted by molar-refractivity contribution is 5.90. The van der Waals surface area contributed by atoms with Crippen LogP contribution in [0.5, 0.6) is 0 Å². The Morgan fingerprint density at radius 3 is 0.992 bits per heavy atom. The van der Waals surface area contributed by atoms with Gasteiger partial charge in [-0.15, -0.1) is 12.8 Å². The van der Waals surface area contributed by atoms with E-state index in [0.29, 0.717) is 92.5 Å². The minimum Gasteiger partial charge on any atom is -0.394 e. The van der Waals surface area contributed by atoms with Gasteiger partial charge in [0.2, 0.25) is 0 Å². The Labute approximate surface area is 688 Å². The summed E-state index contributed by atoms with van der Waals surface area (Å²) >= 11 is 0. The molecule has 19 N–H and O–H groups in total. The van der Waals surface area contributed by atoms with Crippen LogP contribution in [0.4, 0.5) is 61.2 Å². The van der Waals surface area contributed by atoms with Crippen molar-refractivity contribution in [3.05, 3.63) is 110 Å². The summed E-state index contributed by atoms with van der Waals surface area (Å²) in [5.41, 5.74) is 31.3. The predicted molar refractivity (Wildman–Crippen MR) is 422 cm³/mol. The first kappa shape index (κ1) is 87.8. The van der Waals surface area contributed by atoms with Gasteiger partial charge in [0.05, 0.1) is 78.1 Å².